The molecule has 3 fully saturated rings. The summed E-state index contributed by atoms with van der Waals surface area (Å²) in [6.07, 6.45) is 8.38. The molecule has 3 heterocycles. The highest BCUT2D eigenvalue weighted by molar-refractivity contribution is 6.05. The summed E-state index contributed by atoms with van der Waals surface area (Å²) in [4.78, 5) is 39.8. The van der Waals surface area contributed by atoms with E-state index in [0.29, 0.717) is 6.54 Å². The summed E-state index contributed by atoms with van der Waals surface area (Å²) >= 11 is 0. The molecule has 26 heavy (non-hydrogen) atoms. The lowest BCUT2D eigenvalue weighted by atomic mass is 9.81. The maximum absolute atomic E-state index is 12.5. The summed E-state index contributed by atoms with van der Waals surface area (Å²) in [5.74, 6) is 0.927. The first-order chi connectivity index (χ1) is 12.7. The summed E-state index contributed by atoms with van der Waals surface area (Å²) in [6.45, 7) is 5.25. The highest BCUT2D eigenvalue weighted by atomic mass is 16.2. The molecule has 0 spiro atoms. The number of hydrogen-bond acceptors (Lipinski definition) is 6. The van der Waals surface area contributed by atoms with Crippen molar-refractivity contribution in [1.82, 2.24) is 19.8 Å². The lowest BCUT2D eigenvalue weighted by molar-refractivity contribution is -0.140. The second-order valence-electron chi connectivity index (χ2n) is 7.56. The quantitative estimate of drug-likeness (QED) is 0.737. The highest BCUT2D eigenvalue weighted by Crippen LogP contribution is 2.37. The molecule has 0 N–H and O–H groups in total. The predicted octanol–water partition coefficient (Wildman–Crippen LogP) is 1.16. The third-order valence-corrected chi connectivity index (χ3v) is 6.00. The minimum absolute atomic E-state index is 0.0225. The Labute approximate surface area is 154 Å². The fourth-order valence-electron chi connectivity index (χ4n) is 4.53. The van der Waals surface area contributed by atoms with Crippen molar-refractivity contribution >= 4 is 17.8 Å². The van der Waals surface area contributed by atoms with Crippen LogP contribution in [0.3, 0.4) is 0 Å². The third kappa shape index (κ3) is 3.45. The topological polar surface area (TPSA) is 69.6 Å². The van der Waals surface area contributed by atoms with Crippen LogP contribution in [0.5, 0.6) is 0 Å². The smallest absolute Gasteiger partial charge is 0.233 e. The predicted molar refractivity (Wildman–Crippen MR) is 97.5 cm³/mol. The van der Waals surface area contributed by atoms with Crippen LogP contribution in [0, 0.1) is 11.8 Å². The van der Waals surface area contributed by atoms with Crippen molar-refractivity contribution in [1.29, 1.82) is 0 Å². The maximum Gasteiger partial charge on any atom is 0.233 e. The van der Waals surface area contributed by atoms with E-state index in [1.54, 1.807) is 17.3 Å². The number of amides is 2. The van der Waals surface area contributed by atoms with Crippen molar-refractivity contribution in [2.24, 2.45) is 11.8 Å². The number of carbonyl (C=O) groups is 2. The second kappa shape index (κ2) is 7.70. The first kappa shape index (κ1) is 17.4. The molecule has 7 heteroatoms. The number of piperazine rings is 1. The van der Waals surface area contributed by atoms with Gasteiger partial charge in [-0.1, -0.05) is 12.8 Å². The minimum atomic E-state index is -0.0225. The van der Waals surface area contributed by atoms with E-state index in [4.69, 9.17) is 0 Å². The molecule has 4 rings (SSSR count). The van der Waals surface area contributed by atoms with E-state index in [1.165, 1.54) is 0 Å². The third-order valence-electron chi connectivity index (χ3n) is 6.00. The van der Waals surface area contributed by atoms with Crippen LogP contribution in [0.2, 0.25) is 0 Å². The normalized spacial score (nSPS) is 27.1. The molecule has 2 aliphatic heterocycles. The molecular weight excluding hydrogens is 330 g/mol. The highest BCUT2D eigenvalue weighted by Gasteiger charge is 2.47. The maximum atomic E-state index is 12.5. The van der Waals surface area contributed by atoms with Crippen LogP contribution >= 0.6 is 0 Å². The van der Waals surface area contributed by atoms with Gasteiger partial charge in [-0.3, -0.25) is 19.4 Å². The Kier molecular flexibility index (Phi) is 5.15. The number of aromatic nitrogens is 2. The molecular formula is C19H27N5O2. The Morgan fingerprint density at radius 3 is 2.12 bits per heavy atom. The molecule has 1 saturated carbocycles. The van der Waals surface area contributed by atoms with E-state index >= 15 is 0 Å². The summed E-state index contributed by atoms with van der Waals surface area (Å²) < 4.78 is 0. The Balaban J connectivity index is 1.22. The Morgan fingerprint density at radius 2 is 1.50 bits per heavy atom. The first-order valence-corrected chi connectivity index (χ1v) is 9.83. The number of anilines is 1. The fraction of sp³-hybridized carbons (Fsp3) is 0.684. The molecule has 0 radical (unpaired) electrons. The van der Waals surface area contributed by atoms with E-state index in [1.807, 2.05) is 6.07 Å². The van der Waals surface area contributed by atoms with Crippen LogP contribution in [-0.2, 0) is 9.59 Å². The number of imide groups is 1. The van der Waals surface area contributed by atoms with Gasteiger partial charge in [0.15, 0.2) is 0 Å². The Bertz CT molecular complexity index is 621. The van der Waals surface area contributed by atoms with Crippen LogP contribution in [-0.4, -0.2) is 70.9 Å². The summed E-state index contributed by atoms with van der Waals surface area (Å²) in [7, 11) is 0. The monoisotopic (exact) mass is 357 g/mol. The molecule has 2 atom stereocenters. The minimum Gasteiger partial charge on any atom is -0.338 e. The Morgan fingerprint density at radius 1 is 0.885 bits per heavy atom. The van der Waals surface area contributed by atoms with Crippen molar-refractivity contribution in [3.63, 3.8) is 0 Å². The molecule has 140 valence electrons. The number of carbonyl (C=O) groups excluding carboxylic acids is 2. The zero-order valence-electron chi connectivity index (χ0n) is 15.2. The van der Waals surface area contributed by atoms with E-state index in [0.717, 1.165) is 70.8 Å². The van der Waals surface area contributed by atoms with E-state index in [2.05, 4.69) is 19.8 Å². The van der Waals surface area contributed by atoms with Gasteiger partial charge in [0, 0.05) is 45.1 Å². The van der Waals surface area contributed by atoms with Crippen LogP contribution in [0.25, 0.3) is 0 Å². The fourth-order valence-corrected chi connectivity index (χ4v) is 4.53. The molecule has 7 nitrogen and oxygen atoms in total. The molecule has 2 saturated heterocycles. The number of likely N-dealkylation sites (tertiary alicyclic amines) is 1. The van der Waals surface area contributed by atoms with Gasteiger partial charge >= 0.3 is 0 Å². The standard InChI is InChI=1S/C19H27N5O2/c25-17-15-5-1-2-6-16(15)18(26)24(17)10-4-9-22-11-13-23(14-12-22)19-20-7-3-8-21-19/h3,7-8,15-16H,1-2,4-6,9-14H2. The number of fused-ring (bicyclic) bond motifs is 1. The summed E-state index contributed by atoms with van der Waals surface area (Å²) in [5, 5.41) is 0. The van der Waals surface area contributed by atoms with Crippen LogP contribution in [0.4, 0.5) is 5.95 Å². The second-order valence-corrected chi connectivity index (χ2v) is 7.56. The zero-order valence-corrected chi connectivity index (χ0v) is 15.2. The first-order valence-electron chi connectivity index (χ1n) is 9.83. The van der Waals surface area contributed by atoms with Crippen molar-refractivity contribution in [2.45, 2.75) is 32.1 Å². The molecule has 1 aromatic rings. The lowest BCUT2D eigenvalue weighted by Crippen LogP contribution is -2.47. The average Bonchev–Trinajstić information content (AvgIpc) is 2.94. The van der Waals surface area contributed by atoms with Crippen molar-refractivity contribution in [3.8, 4) is 0 Å². The molecule has 2 unspecified atom stereocenters. The van der Waals surface area contributed by atoms with Gasteiger partial charge in [-0.2, -0.15) is 0 Å². The van der Waals surface area contributed by atoms with Gasteiger partial charge < -0.3 is 4.90 Å². The summed E-state index contributed by atoms with van der Waals surface area (Å²) in [5.41, 5.74) is 0. The van der Waals surface area contributed by atoms with Gasteiger partial charge in [0.25, 0.3) is 0 Å². The van der Waals surface area contributed by atoms with E-state index in [-0.39, 0.29) is 23.7 Å². The molecule has 1 aromatic heterocycles. The zero-order chi connectivity index (χ0) is 17.9. The number of hydrogen-bond donors (Lipinski definition) is 0. The van der Waals surface area contributed by atoms with Crippen LogP contribution in [0.1, 0.15) is 32.1 Å². The van der Waals surface area contributed by atoms with Crippen molar-refractivity contribution in [3.05, 3.63) is 18.5 Å². The van der Waals surface area contributed by atoms with Gasteiger partial charge in [-0.05, 0) is 31.9 Å². The van der Waals surface area contributed by atoms with E-state index < -0.39 is 0 Å². The molecule has 0 aromatic carbocycles. The number of rotatable bonds is 5. The van der Waals surface area contributed by atoms with Crippen molar-refractivity contribution < 1.29 is 9.59 Å². The van der Waals surface area contributed by atoms with E-state index in [9.17, 15) is 9.59 Å². The van der Waals surface area contributed by atoms with Crippen LogP contribution in [0.15, 0.2) is 18.5 Å². The van der Waals surface area contributed by atoms with Gasteiger partial charge in [-0.25, -0.2) is 9.97 Å². The molecule has 0 bridgehead atoms. The molecule has 3 aliphatic rings. The SMILES string of the molecule is O=C1C2CCCCC2C(=O)N1CCCN1CCN(c2ncccn2)CC1. The van der Waals surface area contributed by atoms with Gasteiger partial charge in [0.2, 0.25) is 17.8 Å². The van der Waals surface area contributed by atoms with Gasteiger partial charge in [-0.15, -0.1) is 0 Å². The van der Waals surface area contributed by atoms with Gasteiger partial charge in [0.1, 0.15) is 0 Å². The lowest BCUT2D eigenvalue weighted by Gasteiger charge is -2.34. The molecule has 1 aliphatic carbocycles. The largest absolute Gasteiger partial charge is 0.338 e. The van der Waals surface area contributed by atoms with Crippen LogP contribution < -0.4 is 4.90 Å². The summed E-state index contributed by atoms with van der Waals surface area (Å²) in [6, 6.07) is 1.83. The average molecular weight is 357 g/mol. The van der Waals surface area contributed by atoms with Gasteiger partial charge in [0.05, 0.1) is 11.8 Å². The Hall–Kier alpha value is -2.02. The van der Waals surface area contributed by atoms with Crippen molar-refractivity contribution in [2.75, 3.05) is 44.2 Å². The molecule has 2 amide bonds. The number of nitrogens with zero attached hydrogens (tertiary/aromatic N) is 5.